The molecule has 0 aliphatic carbocycles. The molecule has 2 aliphatic rings. The van der Waals surface area contributed by atoms with Crippen LogP contribution >= 0.6 is 12.4 Å². The van der Waals surface area contributed by atoms with Crippen LogP contribution in [0, 0.1) is 0 Å². The average Bonchev–Trinajstić information content (AvgIpc) is 2.84. The maximum absolute atomic E-state index is 6.11. The van der Waals surface area contributed by atoms with Gasteiger partial charge in [0.15, 0.2) is 11.5 Å². The summed E-state index contributed by atoms with van der Waals surface area (Å²) in [6.07, 6.45) is 1.11. The van der Waals surface area contributed by atoms with E-state index >= 15 is 0 Å². The molecule has 0 N–H and O–H groups in total. The van der Waals surface area contributed by atoms with Gasteiger partial charge < -0.3 is 19.3 Å². The fourth-order valence-electron chi connectivity index (χ4n) is 4.58. The van der Waals surface area contributed by atoms with Crippen LogP contribution in [0.15, 0.2) is 72.8 Å². The highest BCUT2D eigenvalue weighted by molar-refractivity contribution is 5.85. The number of benzene rings is 3. The van der Waals surface area contributed by atoms with Gasteiger partial charge in [-0.05, 0) is 49.4 Å². The van der Waals surface area contributed by atoms with E-state index in [9.17, 15) is 0 Å². The minimum Gasteiger partial charge on any atom is -0.495 e. The van der Waals surface area contributed by atoms with Crippen LogP contribution in [0.3, 0.4) is 0 Å². The van der Waals surface area contributed by atoms with Gasteiger partial charge in [-0.3, -0.25) is 4.90 Å². The second-order valence-corrected chi connectivity index (χ2v) is 8.04. The Balaban J connectivity index is 0.00000245. The topological polar surface area (TPSA) is 28.2 Å². The Bertz CT molecular complexity index is 991. The van der Waals surface area contributed by atoms with E-state index in [4.69, 9.17) is 9.47 Å². The number of halogens is 1. The van der Waals surface area contributed by atoms with Crippen LogP contribution in [-0.2, 0) is 0 Å². The number of piperazine rings is 1. The number of hydrogen-bond acceptors (Lipinski definition) is 5. The third kappa shape index (κ3) is 4.50. The van der Waals surface area contributed by atoms with E-state index in [1.807, 2.05) is 24.3 Å². The molecular formula is C26H30ClN3O2. The Morgan fingerprint density at radius 1 is 0.719 bits per heavy atom. The molecule has 0 saturated carbocycles. The molecule has 1 saturated heterocycles. The molecule has 0 amide bonds. The molecule has 5 rings (SSSR count). The summed E-state index contributed by atoms with van der Waals surface area (Å²) >= 11 is 0. The fourth-order valence-corrected chi connectivity index (χ4v) is 4.58. The van der Waals surface area contributed by atoms with Gasteiger partial charge in [0.1, 0.15) is 5.75 Å². The Morgan fingerprint density at radius 2 is 1.28 bits per heavy atom. The summed E-state index contributed by atoms with van der Waals surface area (Å²) in [7, 11) is 1.75. The van der Waals surface area contributed by atoms with Gasteiger partial charge in [-0.25, -0.2) is 0 Å². The molecule has 5 nitrogen and oxygen atoms in total. The van der Waals surface area contributed by atoms with Crippen molar-refractivity contribution in [2.24, 2.45) is 0 Å². The third-order valence-corrected chi connectivity index (χ3v) is 6.19. The first-order chi connectivity index (χ1) is 15.3. The molecule has 0 spiro atoms. The van der Waals surface area contributed by atoms with E-state index in [1.54, 1.807) is 7.11 Å². The lowest BCUT2D eigenvalue weighted by molar-refractivity contribution is 0.255. The molecule has 2 heterocycles. The number of nitrogens with zero attached hydrogens (tertiary/aromatic N) is 3. The quantitative estimate of drug-likeness (QED) is 0.488. The maximum Gasteiger partial charge on any atom is 0.151 e. The second-order valence-electron chi connectivity index (χ2n) is 8.04. The maximum atomic E-state index is 6.11. The fraction of sp³-hybridized carbons (Fsp3) is 0.308. The number of ether oxygens (including phenoxy) is 2. The minimum atomic E-state index is 0. The average molecular weight is 452 g/mol. The zero-order chi connectivity index (χ0) is 21.0. The molecule has 0 aromatic heterocycles. The normalized spacial score (nSPS) is 15.3. The molecule has 2 aliphatic heterocycles. The molecule has 168 valence electrons. The van der Waals surface area contributed by atoms with Gasteiger partial charge >= 0.3 is 0 Å². The molecule has 6 heteroatoms. The van der Waals surface area contributed by atoms with Crippen molar-refractivity contribution in [1.82, 2.24) is 4.90 Å². The van der Waals surface area contributed by atoms with Gasteiger partial charge in [0.25, 0.3) is 0 Å². The van der Waals surface area contributed by atoms with E-state index in [0.717, 1.165) is 74.3 Å². The number of para-hydroxylation sites is 6. The van der Waals surface area contributed by atoms with Crippen molar-refractivity contribution in [3.05, 3.63) is 72.8 Å². The molecule has 3 aromatic carbocycles. The predicted octanol–water partition coefficient (Wildman–Crippen LogP) is 5.57. The molecule has 0 atom stereocenters. The summed E-state index contributed by atoms with van der Waals surface area (Å²) in [6.45, 7) is 6.29. The summed E-state index contributed by atoms with van der Waals surface area (Å²) in [5.74, 6) is 2.83. The Hall–Kier alpha value is -2.89. The lowest BCUT2D eigenvalue weighted by atomic mass is 10.1. The van der Waals surface area contributed by atoms with Crippen LogP contribution in [0.4, 0.5) is 17.1 Å². The van der Waals surface area contributed by atoms with Crippen molar-refractivity contribution in [1.29, 1.82) is 0 Å². The van der Waals surface area contributed by atoms with Crippen molar-refractivity contribution in [3.63, 3.8) is 0 Å². The summed E-state index contributed by atoms with van der Waals surface area (Å²) < 4.78 is 11.7. The van der Waals surface area contributed by atoms with Crippen molar-refractivity contribution in [2.45, 2.75) is 6.42 Å². The lowest BCUT2D eigenvalue weighted by Gasteiger charge is -2.37. The van der Waals surface area contributed by atoms with Crippen LogP contribution < -0.4 is 19.3 Å². The van der Waals surface area contributed by atoms with E-state index < -0.39 is 0 Å². The Morgan fingerprint density at radius 3 is 1.91 bits per heavy atom. The first-order valence-corrected chi connectivity index (χ1v) is 11.1. The number of anilines is 3. The first-order valence-electron chi connectivity index (χ1n) is 11.1. The first kappa shape index (κ1) is 22.3. The van der Waals surface area contributed by atoms with Gasteiger partial charge in [0.2, 0.25) is 0 Å². The van der Waals surface area contributed by atoms with Crippen molar-refractivity contribution in [2.75, 3.05) is 56.2 Å². The van der Waals surface area contributed by atoms with E-state index in [0.29, 0.717) is 0 Å². The van der Waals surface area contributed by atoms with Crippen LogP contribution in [0.25, 0.3) is 0 Å². The number of fused-ring (bicyclic) bond motifs is 2. The number of methoxy groups -OCH3 is 1. The summed E-state index contributed by atoms with van der Waals surface area (Å²) in [5.41, 5.74) is 3.51. The van der Waals surface area contributed by atoms with Crippen molar-refractivity contribution < 1.29 is 9.47 Å². The molecular weight excluding hydrogens is 422 g/mol. The number of rotatable bonds is 6. The smallest absolute Gasteiger partial charge is 0.151 e. The molecule has 3 aromatic rings. The van der Waals surface area contributed by atoms with E-state index in [1.165, 1.54) is 5.69 Å². The Labute approximate surface area is 196 Å². The van der Waals surface area contributed by atoms with Gasteiger partial charge in [-0.1, -0.05) is 36.4 Å². The van der Waals surface area contributed by atoms with E-state index in [-0.39, 0.29) is 12.4 Å². The van der Waals surface area contributed by atoms with Gasteiger partial charge in [-0.15, -0.1) is 12.4 Å². The number of hydrogen-bond donors (Lipinski definition) is 0. The SMILES string of the molecule is COc1ccccc1N1CCN(CCCN2c3ccccc3Oc3ccccc32)CC1.Cl. The molecule has 0 unspecified atom stereocenters. The zero-order valence-corrected chi connectivity index (χ0v) is 19.3. The Kier molecular flexibility index (Phi) is 7.08. The zero-order valence-electron chi connectivity index (χ0n) is 18.4. The van der Waals surface area contributed by atoms with Crippen molar-refractivity contribution in [3.8, 4) is 17.2 Å². The molecule has 1 fully saturated rings. The highest BCUT2D eigenvalue weighted by Crippen LogP contribution is 2.46. The van der Waals surface area contributed by atoms with Gasteiger partial charge in [0, 0.05) is 32.7 Å². The third-order valence-electron chi connectivity index (χ3n) is 6.19. The van der Waals surface area contributed by atoms with Crippen LogP contribution in [0.2, 0.25) is 0 Å². The predicted molar refractivity (Wildman–Crippen MR) is 133 cm³/mol. The second kappa shape index (κ2) is 10.2. The van der Waals surface area contributed by atoms with Crippen LogP contribution in [0.5, 0.6) is 17.2 Å². The van der Waals surface area contributed by atoms with Crippen molar-refractivity contribution >= 4 is 29.5 Å². The van der Waals surface area contributed by atoms with Gasteiger partial charge in [0.05, 0.1) is 24.2 Å². The summed E-state index contributed by atoms with van der Waals surface area (Å²) in [4.78, 5) is 7.41. The largest absolute Gasteiger partial charge is 0.495 e. The van der Waals surface area contributed by atoms with Gasteiger partial charge in [-0.2, -0.15) is 0 Å². The lowest BCUT2D eigenvalue weighted by Crippen LogP contribution is -2.47. The molecule has 0 radical (unpaired) electrons. The monoisotopic (exact) mass is 451 g/mol. The van der Waals surface area contributed by atoms with E-state index in [2.05, 4.69) is 63.2 Å². The van der Waals surface area contributed by atoms with Crippen LogP contribution in [0.1, 0.15) is 6.42 Å². The standard InChI is InChI=1S/C26H29N3O2.ClH/c1-30-24-12-5-2-9-21(24)28-19-17-27(18-20-28)15-8-16-29-22-10-3-6-13-25(22)31-26-14-7-4-11-23(26)29;/h2-7,9-14H,8,15-20H2,1H3;1H. The van der Waals surface area contributed by atoms with Crippen LogP contribution in [-0.4, -0.2) is 51.3 Å². The highest BCUT2D eigenvalue weighted by Gasteiger charge is 2.24. The summed E-state index contributed by atoms with van der Waals surface area (Å²) in [5, 5.41) is 0. The minimum absolute atomic E-state index is 0. The molecule has 0 bridgehead atoms. The summed E-state index contributed by atoms with van der Waals surface area (Å²) in [6, 6.07) is 24.9. The molecule has 32 heavy (non-hydrogen) atoms. The highest BCUT2D eigenvalue weighted by atomic mass is 35.5.